The SMILES string of the molecule is OC[C]1O[C@H](O)[C@H](O[C@]2(CO)O[C@H](CO)[C@@H](O)[C@@H]2O)[C@@H](O)[C@@H]1O. The Hall–Kier alpha value is -0.440. The second-order valence-electron chi connectivity index (χ2n) is 5.39. The lowest BCUT2D eigenvalue weighted by Gasteiger charge is -2.43. The fourth-order valence-corrected chi connectivity index (χ4v) is 2.59. The minimum absolute atomic E-state index is 0.385. The minimum Gasteiger partial charge on any atom is -0.394 e. The Morgan fingerprint density at radius 2 is 1.65 bits per heavy atom. The minimum atomic E-state index is -2.25. The van der Waals surface area contributed by atoms with Crippen LogP contribution >= 0.6 is 0 Å². The summed E-state index contributed by atoms with van der Waals surface area (Å²) in [5.74, 6) is -2.25. The number of hydrogen-bond donors (Lipinski definition) is 8. The average molecular weight is 341 g/mol. The Labute approximate surface area is 130 Å². The number of ether oxygens (including phenoxy) is 3. The second-order valence-corrected chi connectivity index (χ2v) is 5.39. The van der Waals surface area contributed by atoms with Crippen molar-refractivity contribution in [3.05, 3.63) is 6.10 Å². The van der Waals surface area contributed by atoms with Crippen molar-refractivity contribution in [2.24, 2.45) is 0 Å². The maximum absolute atomic E-state index is 9.99. The van der Waals surface area contributed by atoms with Gasteiger partial charge in [0.15, 0.2) is 12.4 Å². The second kappa shape index (κ2) is 7.21. The third-order valence-electron chi connectivity index (χ3n) is 3.94. The molecule has 2 fully saturated rings. The summed E-state index contributed by atoms with van der Waals surface area (Å²) in [5, 5.41) is 76.8. The van der Waals surface area contributed by atoms with Gasteiger partial charge < -0.3 is 55.1 Å². The van der Waals surface area contributed by atoms with Crippen LogP contribution in [0.3, 0.4) is 0 Å². The Balaban J connectivity index is 2.18. The molecule has 0 bridgehead atoms. The molecule has 0 aromatic heterocycles. The van der Waals surface area contributed by atoms with Gasteiger partial charge in [-0.3, -0.25) is 0 Å². The molecule has 0 aromatic carbocycles. The number of hydrogen-bond acceptors (Lipinski definition) is 11. The fraction of sp³-hybridized carbons (Fsp3) is 0.917. The van der Waals surface area contributed by atoms with Crippen LogP contribution in [0.2, 0.25) is 0 Å². The first-order valence-electron chi connectivity index (χ1n) is 6.92. The number of aliphatic hydroxyl groups excluding tert-OH is 8. The van der Waals surface area contributed by atoms with Gasteiger partial charge in [0.1, 0.15) is 43.2 Å². The fourth-order valence-electron chi connectivity index (χ4n) is 2.59. The van der Waals surface area contributed by atoms with Crippen LogP contribution in [0.25, 0.3) is 0 Å². The number of rotatable bonds is 5. The van der Waals surface area contributed by atoms with Crippen LogP contribution < -0.4 is 0 Å². The van der Waals surface area contributed by atoms with Crippen LogP contribution in [-0.2, 0) is 14.2 Å². The van der Waals surface area contributed by atoms with Gasteiger partial charge in [0.05, 0.1) is 13.2 Å². The van der Waals surface area contributed by atoms with Crippen molar-refractivity contribution in [2.45, 2.75) is 48.7 Å². The summed E-state index contributed by atoms with van der Waals surface area (Å²) >= 11 is 0. The molecular weight excluding hydrogens is 320 g/mol. The molecule has 2 heterocycles. The number of aliphatic hydroxyl groups is 8. The first-order chi connectivity index (χ1) is 10.8. The van der Waals surface area contributed by atoms with Gasteiger partial charge in [-0.2, -0.15) is 0 Å². The first-order valence-corrected chi connectivity index (χ1v) is 6.92. The zero-order valence-corrected chi connectivity index (χ0v) is 12.0. The molecule has 2 saturated heterocycles. The van der Waals surface area contributed by atoms with E-state index in [0.717, 1.165) is 0 Å². The molecule has 0 aromatic rings. The van der Waals surface area contributed by atoms with Gasteiger partial charge in [-0.05, 0) is 0 Å². The molecule has 11 heteroatoms. The molecule has 0 aliphatic carbocycles. The lowest BCUT2D eigenvalue weighted by atomic mass is 9.98. The van der Waals surface area contributed by atoms with Crippen molar-refractivity contribution in [3.8, 4) is 0 Å². The third kappa shape index (κ3) is 3.23. The summed E-state index contributed by atoms with van der Waals surface area (Å²) in [6.07, 6.45) is -12.0. The van der Waals surface area contributed by atoms with Gasteiger partial charge in [0, 0.05) is 0 Å². The molecular formula is C12H21O11. The Morgan fingerprint density at radius 3 is 2.13 bits per heavy atom. The molecule has 0 saturated carbocycles. The standard InChI is InChI=1S/C12H21O11/c13-1-4-6(16)8(18)9(11(20)21-4)23-12(3-15)10(19)7(17)5(2-14)22-12/h5-11,13-20H,1-3H2/t5-,6-,7-,8+,9-,10+,11+,12+/m1/s1. The monoisotopic (exact) mass is 341 g/mol. The van der Waals surface area contributed by atoms with Crippen LogP contribution in [0.1, 0.15) is 0 Å². The van der Waals surface area contributed by atoms with Gasteiger partial charge in [0.25, 0.3) is 0 Å². The van der Waals surface area contributed by atoms with Crippen LogP contribution in [0.4, 0.5) is 0 Å². The average Bonchev–Trinajstić information content (AvgIpc) is 2.80. The van der Waals surface area contributed by atoms with Crippen molar-refractivity contribution in [3.63, 3.8) is 0 Å². The van der Waals surface area contributed by atoms with Gasteiger partial charge in [-0.15, -0.1) is 0 Å². The predicted molar refractivity (Wildman–Crippen MR) is 68.1 cm³/mol. The molecule has 0 spiro atoms. The van der Waals surface area contributed by atoms with E-state index >= 15 is 0 Å². The quantitative estimate of drug-likeness (QED) is 0.238. The largest absolute Gasteiger partial charge is 0.394 e. The molecule has 2 rings (SSSR count). The zero-order chi connectivity index (χ0) is 17.4. The van der Waals surface area contributed by atoms with E-state index in [4.69, 9.17) is 24.4 Å². The van der Waals surface area contributed by atoms with E-state index in [1.54, 1.807) is 0 Å². The predicted octanol–water partition coefficient (Wildman–Crippen LogP) is -5.23. The van der Waals surface area contributed by atoms with E-state index in [1.807, 2.05) is 0 Å². The molecule has 2 aliphatic rings. The van der Waals surface area contributed by atoms with E-state index < -0.39 is 68.5 Å². The molecule has 2 aliphatic heterocycles. The summed E-state index contributed by atoms with van der Waals surface area (Å²) in [6.45, 7) is -2.41. The van der Waals surface area contributed by atoms with E-state index in [0.29, 0.717) is 0 Å². The summed E-state index contributed by atoms with van der Waals surface area (Å²) < 4.78 is 15.1. The van der Waals surface area contributed by atoms with Crippen LogP contribution in [0, 0.1) is 6.10 Å². The highest BCUT2D eigenvalue weighted by Crippen LogP contribution is 2.36. The highest BCUT2D eigenvalue weighted by atomic mass is 16.8. The molecule has 0 unspecified atom stereocenters. The van der Waals surface area contributed by atoms with Crippen molar-refractivity contribution in [2.75, 3.05) is 19.8 Å². The Bertz CT molecular complexity index is 395. The van der Waals surface area contributed by atoms with Crippen molar-refractivity contribution < 1.29 is 55.1 Å². The summed E-state index contributed by atoms with van der Waals surface area (Å²) in [7, 11) is 0. The lowest BCUT2D eigenvalue weighted by molar-refractivity contribution is -0.353. The molecule has 11 nitrogen and oxygen atoms in total. The zero-order valence-electron chi connectivity index (χ0n) is 12.0. The van der Waals surface area contributed by atoms with Crippen LogP contribution in [0.5, 0.6) is 0 Å². The Morgan fingerprint density at radius 1 is 1.00 bits per heavy atom. The molecule has 1 radical (unpaired) electrons. The van der Waals surface area contributed by atoms with E-state index in [9.17, 15) is 30.6 Å². The third-order valence-corrected chi connectivity index (χ3v) is 3.94. The van der Waals surface area contributed by atoms with Gasteiger partial charge >= 0.3 is 0 Å². The lowest BCUT2D eigenvalue weighted by Crippen LogP contribution is -2.61. The van der Waals surface area contributed by atoms with Gasteiger partial charge in [-0.25, -0.2) is 0 Å². The maximum Gasteiger partial charge on any atom is 0.222 e. The molecule has 8 N–H and O–H groups in total. The molecule has 8 atom stereocenters. The summed E-state index contributed by atoms with van der Waals surface area (Å²) in [6, 6.07) is 0. The van der Waals surface area contributed by atoms with Gasteiger partial charge in [0.2, 0.25) is 5.79 Å². The normalized spacial score (nSPS) is 48.8. The molecule has 23 heavy (non-hydrogen) atoms. The smallest absolute Gasteiger partial charge is 0.222 e. The van der Waals surface area contributed by atoms with Crippen molar-refractivity contribution in [1.29, 1.82) is 0 Å². The van der Waals surface area contributed by atoms with Gasteiger partial charge in [-0.1, -0.05) is 0 Å². The summed E-state index contributed by atoms with van der Waals surface area (Å²) in [4.78, 5) is 0. The highest BCUT2D eigenvalue weighted by Gasteiger charge is 2.58. The van der Waals surface area contributed by atoms with E-state index in [-0.39, 0.29) is 6.10 Å². The van der Waals surface area contributed by atoms with Crippen LogP contribution in [-0.4, -0.2) is 109 Å². The van der Waals surface area contributed by atoms with E-state index in [1.165, 1.54) is 0 Å². The van der Waals surface area contributed by atoms with Crippen LogP contribution in [0.15, 0.2) is 0 Å². The first kappa shape index (κ1) is 18.9. The Kier molecular flexibility index (Phi) is 5.92. The highest BCUT2D eigenvalue weighted by molar-refractivity contribution is 5.03. The van der Waals surface area contributed by atoms with E-state index in [2.05, 4.69) is 0 Å². The maximum atomic E-state index is 9.99. The summed E-state index contributed by atoms with van der Waals surface area (Å²) in [5.41, 5.74) is 0. The van der Waals surface area contributed by atoms with Crippen molar-refractivity contribution >= 4 is 0 Å². The molecule has 135 valence electrons. The molecule has 0 amide bonds. The topological polar surface area (TPSA) is 190 Å². The van der Waals surface area contributed by atoms with Crippen molar-refractivity contribution in [1.82, 2.24) is 0 Å².